The average molecular weight is 280 g/mol. The van der Waals surface area contributed by atoms with Crippen LogP contribution >= 0.6 is 0 Å². The van der Waals surface area contributed by atoms with Gasteiger partial charge in [0.05, 0.1) is 30.1 Å². The maximum atomic E-state index is 12.9. The molecule has 2 rings (SSSR count). The topological polar surface area (TPSA) is 73.4 Å². The summed E-state index contributed by atoms with van der Waals surface area (Å²) in [6, 6.07) is 0.110. The molecular formula is C14H24N4O2. The number of nitrogens with zero attached hydrogens (tertiary/aromatic N) is 3. The van der Waals surface area contributed by atoms with Crippen LogP contribution in [-0.4, -0.2) is 45.9 Å². The molecule has 20 heavy (non-hydrogen) atoms. The molecule has 2 unspecified atom stereocenters. The third-order valence-corrected chi connectivity index (χ3v) is 3.88. The van der Waals surface area contributed by atoms with E-state index in [1.54, 1.807) is 4.68 Å². The quantitative estimate of drug-likeness (QED) is 0.909. The van der Waals surface area contributed by atoms with Crippen molar-refractivity contribution in [1.29, 1.82) is 0 Å². The highest BCUT2D eigenvalue weighted by Gasteiger charge is 2.33. The van der Waals surface area contributed by atoms with Crippen molar-refractivity contribution >= 4 is 11.6 Å². The van der Waals surface area contributed by atoms with E-state index in [9.17, 15) is 4.79 Å². The molecule has 0 spiro atoms. The van der Waals surface area contributed by atoms with Crippen molar-refractivity contribution in [2.45, 2.75) is 52.8 Å². The minimum Gasteiger partial charge on any atom is -0.395 e. The van der Waals surface area contributed by atoms with Crippen LogP contribution in [0, 0.1) is 6.92 Å². The summed E-state index contributed by atoms with van der Waals surface area (Å²) in [4.78, 5) is 14.7. The summed E-state index contributed by atoms with van der Waals surface area (Å²) in [6.07, 6.45) is 0.930. The summed E-state index contributed by atoms with van der Waals surface area (Å²) in [5, 5.41) is 4.33. The SMILES string of the molecule is CCC1COC(C)CN1C(=O)c1c(N)c(C)nn1CC. The summed E-state index contributed by atoms with van der Waals surface area (Å²) in [6.45, 7) is 9.66. The van der Waals surface area contributed by atoms with Crippen LogP contribution in [0.4, 0.5) is 5.69 Å². The van der Waals surface area contributed by atoms with E-state index in [1.807, 2.05) is 25.7 Å². The Morgan fingerprint density at radius 2 is 2.20 bits per heavy atom. The first-order valence-corrected chi connectivity index (χ1v) is 7.24. The highest BCUT2D eigenvalue weighted by molar-refractivity contribution is 5.98. The van der Waals surface area contributed by atoms with Crippen molar-refractivity contribution in [2.75, 3.05) is 18.9 Å². The van der Waals surface area contributed by atoms with Gasteiger partial charge in [-0.1, -0.05) is 6.92 Å². The number of morpholine rings is 1. The smallest absolute Gasteiger partial charge is 0.274 e. The van der Waals surface area contributed by atoms with Gasteiger partial charge in [-0.25, -0.2) is 0 Å². The van der Waals surface area contributed by atoms with Crippen LogP contribution in [0.3, 0.4) is 0 Å². The van der Waals surface area contributed by atoms with Gasteiger partial charge in [-0.05, 0) is 27.2 Å². The van der Waals surface area contributed by atoms with E-state index < -0.39 is 0 Å². The molecule has 0 aromatic carbocycles. The molecular weight excluding hydrogens is 256 g/mol. The van der Waals surface area contributed by atoms with Gasteiger partial charge in [0.15, 0.2) is 0 Å². The van der Waals surface area contributed by atoms with Crippen LogP contribution in [0.25, 0.3) is 0 Å². The Hall–Kier alpha value is -1.56. The first-order valence-electron chi connectivity index (χ1n) is 7.24. The number of carbonyl (C=O) groups excluding carboxylic acids is 1. The van der Waals surface area contributed by atoms with E-state index in [0.29, 0.717) is 36.8 Å². The highest BCUT2D eigenvalue weighted by Crippen LogP contribution is 2.23. The minimum absolute atomic E-state index is 0.0352. The summed E-state index contributed by atoms with van der Waals surface area (Å²) >= 11 is 0. The Morgan fingerprint density at radius 3 is 2.80 bits per heavy atom. The Kier molecular flexibility index (Phi) is 4.32. The molecule has 1 saturated heterocycles. The number of amides is 1. The second-order valence-corrected chi connectivity index (χ2v) is 5.33. The van der Waals surface area contributed by atoms with Crippen LogP contribution in [0.5, 0.6) is 0 Å². The molecule has 1 fully saturated rings. The Morgan fingerprint density at radius 1 is 1.50 bits per heavy atom. The molecule has 1 aliphatic heterocycles. The zero-order chi connectivity index (χ0) is 14.9. The van der Waals surface area contributed by atoms with Crippen LogP contribution in [0.15, 0.2) is 0 Å². The Bertz CT molecular complexity index is 498. The molecule has 6 heteroatoms. The molecule has 2 atom stereocenters. The van der Waals surface area contributed by atoms with E-state index >= 15 is 0 Å². The molecule has 1 aromatic heterocycles. The van der Waals surface area contributed by atoms with Crippen molar-refractivity contribution in [3.05, 3.63) is 11.4 Å². The molecule has 112 valence electrons. The van der Waals surface area contributed by atoms with Crippen molar-refractivity contribution < 1.29 is 9.53 Å². The maximum absolute atomic E-state index is 12.9. The molecule has 0 radical (unpaired) electrons. The molecule has 0 aliphatic carbocycles. The summed E-state index contributed by atoms with van der Waals surface area (Å²) in [7, 11) is 0. The molecule has 1 aromatic rings. The van der Waals surface area contributed by atoms with Crippen LogP contribution in [-0.2, 0) is 11.3 Å². The number of nitrogen functional groups attached to an aromatic ring is 1. The third-order valence-electron chi connectivity index (χ3n) is 3.88. The van der Waals surface area contributed by atoms with Gasteiger partial charge in [0.25, 0.3) is 5.91 Å². The molecule has 6 nitrogen and oxygen atoms in total. The predicted molar refractivity (Wildman–Crippen MR) is 77.6 cm³/mol. The standard InChI is InChI=1S/C14H24N4O2/c1-5-11-8-20-9(3)7-17(11)14(19)13-12(15)10(4)16-18(13)6-2/h9,11H,5-8,15H2,1-4H3. The van der Waals surface area contributed by atoms with Crippen molar-refractivity contribution in [3.8, 4) is 0 Å². The molecule has 1 aliphatic rings. The Balaban J connectivity index is 2.34. The van der Waals surface area contributed by atoms with Crippen LogP contribution in [0.2, 0.25) is 0 Å². The van der Waals surface area contributed by atoms with E-state index in [1.165, 1.54) is 0 Å². The normalized spacial score (nSPS) is 23.1. The molecule has 0 saturated carbocycles. The second-order valence-electron chi connectivity index (χ2n) is 5.33. The second kappa shape index (κ2) is 5.83. The lowest BCUT2D eigenvalue weighted by atomic mass is 10.1. The lowest BCUT2D eigenvalue weighted by Crippen LogP contribution is -2.51. The number of hydrogen-bond donors (Lipinski definition) is 1. The number of hydrogen-bond acceptors (Lipinski definition) is 4. The van der Waals surface area contributed by atoms with Gasteiger partial charge in [0, 0.05) is 13.1 Å². The van der Waals surface area contributed by atoms with E-state index in [0.717, 1.165) is 6.42 Å². The fourth-order valence-electron chi connectivity index (χ4n) is 2.62. The van der Waals surface area contributed by atoms with Gasteiger partial charge in [-0.2, -0.15) is 5.10 Å². The van der Waals surface area contributed by atoms with Crippen molar-refractivity contribution in [2.24, 2.45) is 0 Å². The number of anilines is 1. The molecule has 1 amide bonds. The van der Waals surface area contributed by atoms with Gasteiger partial charge in [0.1, 0.15) is 5.69 Å². The number of ether oxygens (including phenoxy) is 1. The van der Waals surface area contributed by atoms with Gasteiger partial charge < -0.3 is 15.4 Å². The number of rotatable bonds is 3. The van der Waals surface area contributed by atoms with Crippen LogP contribution in [0.1, 0.15) is 43.4 Å². The number of nitrogens with two attached hydrogens (primary N) is 1. The fraction of sp³-hybridized carbons (Fsp3) is 0.714. The van der Waals surface area contributed by atoms with Gasteiger partial charge in [-0.15, -0.1) is 0 Å². The van der Waals surface area contributed by atoms with Gasteiger partial charge in [-0.3, -0.25) is 9.48 Å². The lowest BCUT2D eigenvalue weighted by Gasteiger charge is -2.38. The van der Waals surface area contributed by atoms with E-state index in [4.69, 9.17) is 10.5 Å². The predicted octanol–water partition coefficient (Wildman–Crippen LogP) is 1.43. The molecule has 2 N–H and O–H groups in total. The van der Waals surface area contributed by atoms with Crippen molar-refractivity contribution in [1.82, 2.24) is 14.7 Å². The number of aromatic nitrogens is 2. The first kappa shape index (κ1) is 14.8. The summed E-state index contributed by atoms with van der Waals surface area (Å²) in [5.41, 5.74) is 7.76. The van der Waals surface area contributed by atoms with Crippen molar-refractivity contribution in [3.63, 3.8) is 0 Å². The zero-order valence-electron chi connectivity index (χ0n) is 12.7. The first-order chi connectivity index (χ1) is 9.49. The third kappa shape index (κ3) is 2.52. The monoisotopic (exact) mass is 280 g/mol. The van der Waals surface area contributed by atoms with E-state index in [-0.39, 0.29) is 18.1 Å². The van der Waals surface area contributed by atoms with E-state index in [2.05, 4.69) is 12.0 Å². The average Bonchev–Trinajstić information content (AvgIpc) is 2.73. The summed E-state index contributed by atoms with van der Waals surface area (Å²) in [5.74, 6) is -0.0352. The molecule has 2 heterocycles. The molecule has 0 bridgehead atoms. The zero-order valence-corrected chi connectivity index (χ0v) is 12.7. The van der Waals surface area contributed by atoms with Crippen LogP contribution < -0.4 is 5.73 Å². The number of aryl methyl sites for hydroxylation is 2. The minimum atomic E-state index is -0.0352. The Labute approximate surface area is 119 Å². The van der Waals surface area contributed by atoms with Gasteiger partial charge >= 0.3 is 0 Å². The fourth-order valence-corrected chi connectivity index (χ4v) is 2.62. The number of carbonyl (C=O) groups is 1. The lowest BCUT2D eigenvalue weighted by molar-refractivity contribution is -0.0447. The maximum Gasteiger partial charge on any atom is 0.274 e. The van der Waals surface area contributed by atoms with Gasteiger partial charge in [0.2, 0.25) is 0 Å². The summed E-state index contributed by atoms with van der Waals surface area (Å²) < 4.78 is 7.34. The highest BCUT2D eigenvalue weighted by atomic mass is 16.5. The largest absolute Gasteiger partial charge is 0.395 e.